The largest absolute Gasteiger partial charge is 0.494 e. The molecule has 148 valence electrons. The summed E-state index contributed by atoms with van der Waals surface area (Å²) in [5.74, 6) is 1.32. The van der Waals surface area contributed by atoms with Crippen LogP contribution in [0, 0.1) is 5.92 Å². The number of carbonyl (C=O) groups is 1. The Morgan fingerprint density at radius 3 is 2.21 bits per heavy atom. The highest BCUT2D eigenvalue weighted by atomic mass is 32.2. The summed E-state index contributed by atoms with van der Waals surface area (Å²) in [6.07, 6.45) is 3.07. The normalized spacial score (nSPS) is 18.5. The zero-order valence-electron chi connectivity index (χ0n) is 16.7. The van der Waals surface area contributed by atoms with E-state index in [0.29, 0.717) is 17.6 Å². The Kier molecular flexibility index (Phi) is 6.36. The first kappa shape index (κ1) is 19.8. The Morgan fingerprint density at radius 1 is 0.897 bits per heavy atom. The molecule has 2 atom stereocenters. The molecule has 4 rings (SSSR count). The predicted molar refractivity (Wildman–Crippen MR) is 121 cm³/mol. The molecule has 3 aromatic rings. The van der Waals surface area contributed by atoms with Crippen LogP contribution < -0.4 is 4.74 Å². The van der Waals surface area contributed by atoms with Crippen molar-refractivity contribution in [3.63, 3.8) is 0 Å². The zero-order chi connectivity index (χ0) is 20.1. The molecule has 0 amide bonds. The van der Waals surface area contributed by atoms with E-state index in [4.69, 9.17) is 4.74 Å². The molecule has 2 nitrogen and oxygen atoms in total. The van der Waals surface area contributed by atoms with E-state index < -0.39 is 0 Å². The minimum Gasteiger partial charge on any atom is -0.494 e. The first-order valence-electron chi connectivity index (χ1n) is 10.3. The van der Waals surface area contributed by atoms with Gasteiger partial charge in [0.2, 0.25) is 0 Å². The molecule has 0 saturated heterocycles. The summed E-state index contributed by atoms with van der Waals surface area (Å²) in [4.78, 5) is 14.3. The van der Waals surface area contributed by atoms with Crippen molar-refractivity contribution in [3.05, 3.63) is 84.4 Å². The van der Waals surface area contributed by atoms with Crippen LogP contribution in [0.2, 0.25) is 0 Å². The van der Waals surface area contributed by atoms with Gasteiger partial charge in [0.05, 0.1) is 6.61 Å². The molecule has 1 saturated carbocycles. The van der Waals surface area contributed by atoms with Crippen molar-refractivity contribution in [1.29, 1.82) is 0 Å². The zero-order valence-corrected chi connectivity index (χ0v) is 17.5. The molecule has 0 radical (unpaired) electrons. The van der Waals surface area contributed by atoms with Gasteiger partial charge in [0.1, 0.15) is 5.75 Å². The monoisotopic (exact) mass is 402 g/mol. The van der Waals surface area contributed by atoms with Crippen LogP contribution >= 0.6 is 11.8 Å². The van der Waals surface area contributed by atoms with Gasteiger partial charge in [-0.3, -0.25) is 4.79 Å². The van der Waals surface area contributed by atoms with Crippen LogP contribution in [0.4, 0.5) is 0 Å². The van der Waals surface area contributed by atoms with Gasteiger partial charge < -0.3 is 4.74 Å². The van der Waals surface area contributed by atoms with Crippen LogP contribution in [-0.2, 0) is 0 Å². The summed E-state index contributed by atoms with van der Waals surface area (Å²) in [5.41, 5.74) is 3.08. The van der Waals surface area contributed by atoms with Crippen LogP contribution in [0.15, 0.2) is 83.8 Å². The van der Waals surface area contributed by atoms with Crippen LogP contribution in [0.1, 0.15) is 36.5 Å². The smallest absolute Gasteiger partial charge is 0.165 e. The van der Waals surface area contributed by atoms with E-state index in [9.17, 15) is 4.79 Å². The molecule has 0 aromatic heterocycles. The molecular formula is C26H26O2S. The van der Waals surface area contributed by atoms with E-state index in [1.165, 1.54) is 4.90 Å². The molecule has 0 heterocycles. The fourth-order valence-electron chi connectivity index (χ4n) is 3.95. The highest BCUT2D eigenvalue weighted by Gasteiger charge is 2.30. The lowest BCUT2D eigenvalue weighted by Crippen LogP contribution is -2.12. The third-order valence-corrected chi connectivity index (χ3v) is 6.78. The van der Waals surface area contributed by atoms with Gasteiger partial charge in [-0.1, -0.05) is 54.6 Å². The highest BCUT2D eigenvalue weighted by molar-refractivity contribution is 8.00. The first-order chi connectivity index (χ1) is 14.2. The molecule has 3 aromatic carbocycles. The second-order valence-corrected chi connectivity index (χ2v) is 8.84. The predicted octanol–water partition coefficient (Wildman–Crippen LogP) is 6.90. The number of hydrogen-bond donors (Lipinski definition) is 0. The second kappa shape index (κ2) is 9.32. The average molecular weight is 403 g/mol. The lowest BCUT2D eigenvalue weighted by Gasteiger charge is -2.11. The van der Waals surface area contributed by atoms with Gasteiger partial charge in [0.25, 0.3) is 0 Å². The van der Waals surface area contributed by atoms with E-state index in [1.54, 1.807) is 0 Å². The van der Waals surface area contributed by atoms with E-state index in [2.05, 4.69) is 36.4 Å². The number of hydrogen-bond acceptors (Lipinski definition) is 3. The SMILES string of the molecule is CCOc1ccc(-c2ccc(C(=O)C3CCC(Sc4ccccc4)C3)cc2)cc1. The molecular weight excluding hydrogens is 376 g/mol. The summed E-state index contributed by atoms with van der Waals surface area (Å²) < 4.78 is 5.50. The molecule has 1 aliphatic carbocycles. The number of benzene rings is 3. The van der Waals surface area contributed by atoms with E-state index in [1.807, 2.05) is 61.2 Å². The number of ketones is 1. The van der Waals surface area contributed by atoms with E-state index >= 15 is 0 Å². The molecule has 1 aliphatic rings. The number of carbonyl (C=O) groups excluding carboxylic acids is 1. The van der Waals surface area contributed by atoms with E-state index in [0.717, 1.165) is 41.7 Å². The maximum Gasteiger partial charge on any atom is 0.165 e. The maximum absolute atomic E-state index is 13.0. The summed E-state index contributed by atoms with van der Waals surface area (Å²) in [7, 11) is 0. The first-order valence-corrected chi connectivity index (χ1v) is 11.2. The van der Waals surface area contributed by atoms with Gasteiger partial charge in [0, 0.05) is 21.6 Å². The van der Waals surface area contributed by atoms with Crippen LogP contribution in [0.5, 0.6) is 5.75 Å². The van der Waals surface area contributed by atoms with E-state index in [-0.39, 0.29) is 5.92 Å². The molecule has 29 heavy (non-hydrogen) atoms. The Morgan fingerprint density at radius 2 is 1.55 bits per heavy atom. The number of rotatable bonds is 7. The van der Waals surface area contributed by atoms with Gasteiger partial charge in [-0.05, 0) is 61.6 Å². The van der Waals surface area contributed by atoms with Crippen molar-refractivity contribution in [2.75, 3.05) is 6.61 Å². The Balaban J connectivity index is 1.38. The minimum absolute atomic E-state index is 0.146. The molecule has 0 spiro atoms. The van der Waals surface area contributed by atoms with Crippen molar-refractivity contribution < 1.29 is 9.53 Å². The standard InChI is InChI=1S/C26H26O2S/c1-2-28-23-15-12-20(13-16-23)19-8-10-21(11-9-19)26(27)22-14-17-25(18-22)29-24-6-4-3-5-7-24/h3-13,15-16,22,25H,2,14,17-18H2,1H3. The van der Waals surface area contributed by atoms with Gasteiger partial charge in [-0.2, -0.15) is 0 Å². The van der Waals surface area contributed by atoms with Crippen molar-refractivity contribution in [1.82, 2.24) is 0 Å². The highest BCUT2D eigenvalue weighted by Crippen LogP contribution is 2.39. The quantitative estimate of drug-likeness (QED) is 0.402. The summed E-state index contributed by atoms with van der Waals surface area (Å²) >= 11 is 1.91. The van der Waals surface area contributed by atoms with Crippen molar-refractivity contribution in [2.45, 2.75) is 36.3 Å². The molecule has 2 unspecified atom stereocenters. The Labute approximate surface area is 177 Å². The fraction of sp³-hybridized carbons (Fsp3) is 0.269. The lowest BCUT2D eigenvalue weighted by molar-refractivity contribution is 0.0923. The molecule has 1 fully saturated rings. The van der Waals surface area contributed by atoms with Crippen molar-refractivity contribution in [2.24, 2.45) is 5.92 Å². The molecule has 0 N–H and O–H groups in total. The van der Waals surface area contributed by atoms with Crippen LogP contribution in [0.25, 0.3) is 11.1 Å². The number of thioether (sulfide) groups is 1. The van der Waals surface area contributed by atoms with Gasteiger partial charge in [0.15, 0.2) is 5.78 Å². The Hall–Kier alpha value is -2.52. The number of ether oxygens (including phenoxy) is 1. The van der Waals surface area contributed by atoms with Gasteiger partial charge >= 0.3 is 0 Å². The third kappa shape index (κ3) is 4.91. The minimum atomic E-state index is 0.146. The number of Topliss-reactive ketones (excluding diaryl/α,β-unsaturated/α-hetero) is 1. The summed E-state index contributed by atoms with van der Waals surface area (Å²) in [5, 5.41) is 0.537. The maximum atomic E-state index is 13.0. The van der Waals surface area contributed by atoms with Crippen molar-refractivity contribution in [3.8, 4) is 16.9 Å². The topological polar surface area (TPSA) is 26.3 Å². The summed E-state index contributed by atoms with van der Waals surface area (Å²) in [6.45, 7) is 2.65. The molecule has 0 aliphatic heterocycles. The average Bonchev–Trinajstić information content (AvgIpc) is 3.23. The lowest BCUT2D eigenvalue weighted by atomic mass is 9.94. The Bertz CT molecular complexity index is 933. The molecule has 3 heteroatoms. The van der Waals surface area contributed by atoms with Gasteiger partial charge in [-0.25, -0.2) is 0 Å². The fourth-order valence-corrected chi connectivity index (χ4v) is 5.23. The van der Waals surface area contributed by atoms with Crippen molar-refractivity contribution >= 4 is 17.5 Å². The third-order valence-electron chi connectivity index (χ3n) is 5.47. The van der Waals surface area contributed by atoms with Gasteiger partial charge in [-0.15, -0.1) is 11.8 Å². The van der Waals surface area contributed by atoms with Crippen LogP contribution in [0.3, 0.4) is 0 Å². The summed E-state index contributed by atoms with van der Waals surface area (Å²) in [6, 6.07) is 26.6. The molecule has 0 bridgehead atoms. The van der Waals surface area contributed by atoms with Crippen LogP contribution in [-0.4, -0.2) is 17.6 Å². The second-order valence-electron chi connectivity index (χ2n) is 7.46.